The summed E-state index contributed by atoms with van der Waals surface area (Å²) in [4.78, 5) is 0. The van der Waals surface area contributed by atoms with E-state index in [9.17, 15) is 5.11 Å². The van der Waals surface area contributed by atoms with Gasteiger partial charge in [-0.05, 0) is 52.4 Å². The third-order valence-corrected chi connectivity index (χ3v) is 7.81. The Labute approximate surface area is 197 Å². The van der Waals surface area contributed by atoms with Crippen molar-refractivity contribution in [3.8, 4) is 22.3 Å². The molecule has 6 rings (SSSR count). The van der Waals surface area contributed by atoms with Crippen LogP contribution in [0, 0.1) is 0 Å². The van der Waals surface area contributed by atoms with Crippen molar-refractivity contribution in [3.63, 3.8) is 0 Å². The Morgan fingerprint density at radius 3 is 2.29 bits per heavy atom. The molecule has 1 N–H and O–H groups in total. The van der Waals surface area contributed by atoms with Crippen LogP contribution in [0.5, 0.6) is 0 Å². The predicted molar refractivity (Wildman–Crippen MR) is 134 cm³/mol. The van der Waals surface area contributed by atoms with Crippen LogP contribution in [0.2, 0.25) is 5.02 Å². The lowest BCUT2D eigenvalue weighted by Gasteiger charge is -2.29. The quantitative estimate of drug-likeness (QED) is 0.257. The summed E-state index contributed by atoms with van der Waals surface area (Å²) in [7, 11) is 0. The molecule has 0 saturated heterocycles. The number of halogens is 2. The van der Waals surface area contributed by atoms with Crippen molar-refractivity contribution in [2.45, 2.75) is 5.60 Å². The number of rotatable bonds is 2. The fourth-order valence-electron chi connectivity index (χ4n) is 4.76. The molecule has 4 aromatic carbocycles. The van der Waals surface area contributed by atoms with E-state index in [4.69, 9.17) is 11.6 Å². The number of hydrogen-bond acceptors (Lipinski definition) is 2. The highest BCUT2D eigenvalue weighted by Gasteiger charge is 2.44. The van der Waals surface area contributed by atoms with Crippen molar-refractivity contribution in [3.05, 3.63) is 116 Å². The molecule has 31 heavy (non-hydrogen) atoms. The Kier molecular flexibility index (Phi) is 4.38. The fraction of sp³-hybridized carbons (Fsp3) is 0.0370. The first kappa shape index (κ1) is 19.3. The summed E-state index contributed by atoms with van der Waals surface area (Å²) in [6.07, 6.45) is 0. The number of thiophene rings is 1. The zero-order chi connectivity index (χ0) is 21.2. The summed E-state index contributed by atoms with van der Waals surface area (Å²) in [5.41, 5.74) is 5.44. The van der Waals surface area contributed by atoms with Gasteiger partial charge in [-0.2, -0.15) is 0 Å². The maximum Gasteiger partial charge on any atom is 0.142 e. The normalized spacial score (nSPS) is 17.0. The van der Waals surface area contributed by atoms with Gasteiger partial charge in [0.25, 0.3) is 0 Å². The van der Waals surface area contributed by atoms with E-state index >= 15 is 0 Å². The molecule has 0 bridgehead atoms. The molecule has 4 heteroatoms. The second-order valence-electron chi connectivity index (χ2n) is 7.78. The van der Waals surface area contributed by atoms with Crippen molar-refractivity contribution < 1.29 is 5.11 Å². The highest BCUT2D eigenvalue weighted by atomic mass is 79.9. The van der Waals surface area contributed by atoms with Gasteiger partial charge in [0.05, 0.1) is 0 Å². The van der Waals surface area contributed by atoms with Crippen molar-refractivity contribution in [1.29, 1.82) is 0 Å². The van der Waals surface area contributed by atoms with E-state index < -0.39 is 5.60 Å². The molecule has 1 atom stereocenters. The van der Waals surface area contributed by atoms with Crippen LogP contribution < -0.4 is 0 Å². The van der Waals surface area contributed by atoms with Gasteiger partial charge in [-0.3, -0.25) is 0 Å². The molecule has 0 saturated carbocycles. The topological polar surface area (TPSA) is 20.2 Å². The highest BCUT2D eigenvalue weighted by molar-refractivity contribution is 9.10. The maximum absolute atomic E-state index is 12.5. The molecule has 1 aromatic heterocycles. The van der Waals surface area contributed by atoms with Crippen molar-refractivity contribution in [2.75, 3.05) is 0 Å². The van der Waals surface area contributed by atoms with Gasteiger partial charge >= 0.3 is 0 Å². The first-order valence-electron chi connectivity index (χ1n) is 9.96. The highest BCUT2D eigenvalue weighted by Crippen LogP contribution is 2.54. The molecule has 1 aliphatic rings. The summed E-state index contributed by atoms with van der Waals surface area (Å²) in [6, 6.07) is 28.4. The van der Waals surface area contributed by atoms with Crippen LogP contribution >= 0.6 is 38.9 Å². The minimum Gasteiger partial charge on any atom is -0.376 e. The van der Waals surface area contributed by atoms with Crippen LogP contribution in [0.3, 0.4) is 0 Å². The van der Waals surface area contributed by atoms with Gasteiger partial charge in [0, 0.05) is 41.8 Å². The van der Waals surface area contributed by atoms with Gasteiger partial charge in [0.1, 0.15) is 5.60 Å². The van der Waals surface area contributed by atoms with Crippen molar-refractivity contribution in [2.24, 2.45) is 0 Å². The van der Waals surface area contributed by atoms with Crippen molar-refractivity contribution in [1.82, 2.24) is 0 Å². The van der Waals surface area contributed by atoms with Crippen LogP contribution in [0.4, 0.5) is 0 Å². The van der Waals surface area contributed by atoms with Crippen LogP contribution in [0.25, 0.3) is 32.3 Å². The van der Waals surface area contributed by atoms with Crippen LogP contribution in [0.15, 0.2) is 94.8 Å². The molecule has 1 unspecified atom stereocenters. The van der Waals surface area contributed by atoms with E-state index in [1.165, 1.54) is 10.1 Å². The fourth-order valence-corrected chi connectivity index (χ4v) is 6.25. The van der Waals surface area contributed by atoms with Crippen LogP contribution in [0.1, 0.15) is 16.7 Å². The zero-order valence-corrected chi connectivity index (χ0v) is 19.4. The third-order valence-electron chi connectivity index (χ3n) is 6.12. The molecular weight excluding hydrogens is 488 g/mol. The predicted octanol–water partition coefficient (Wildman–Crippen LogP) is 8.25. The zero-order valence-electron chi connectivity index (χ0n) is 16.3. The van der Waals surface area contributed by atoms with Gasteiger partial charge in [-0.15, -0.1) is 11.3 Å². The Bertz CT molecular complexity index is 1490. The smallest absolute Gasteiger partial charge is 0.142 e. The summed E-state index contributed by atoms with van der Waals surface area (Å²) in [6.45, 7) is 0. The summed E-state index contributed by atoms with van der Waals surface area (Å²) >= 11 is 11.8. The van der Waals surface area contributed by atoms with Crippen LogP contribution in [-0.4, -0.2) is 5.11 Å². The maximum atomic E-state index is 12.5. The van der Waals surface area contributed by atoms with Gasteiger partial charge in [-0.25, -0.2) is 0 Å². The summed E-state index contributed by atoms with van der Waals surface area (Å²) < 4.78 is 2.15. The van der Waals surface area contributed by atoms with E-state index in [1.807, 2.05) is 48.5 Å². The molecule has 1 heterocycles. The van der Waals surface area contributed by atoms with E-state index in [0.29, 0.717) is 5.02 Å². The third kappa shape index (κ3) is 2.78. The number of benzene rings is 4. The molecule has 0 spiro atoms. The van der Waals surface area contributed by atoms with E-state index in [0.717, 1.165) is 43.4 Å². The second kappa shape index (κ2) is 7.04. The monoisotopic (exact) mass is 502 g/mol. The number of fused-ring (bicyclic) bond motifs is 4. The molecule has 5 aromatic rings. The van der Waals surface area contributed by atoms with Crippen molar-refractivity contribution >= 4 is 49.0 Å². The lowest BCUT2D eigenvalue weighted by Crippen LogP contribution is -2.27. The molecule has 1 nitrogen and oxygen atoms in total. The standard InChI is InChI=1S/C27H16BrClOS/c28-16-9-11-19-18-5-1-3-7-23(18)27(30,24(19)13-16)25-14-17(29)10-12-20(25)22-15-31-26-8-4-2-6-21(22)26/h1-15,30H. The largest absolute Gasteiger partial charge is 0.376 e. The minimum absolute atomic E-state index is 0.604. The number of hydrogen-bond donors (Lipinski definition) is 1. The molecule has 0 amide bonds. The molecule has 0 radical (unpaired) electrons. The molecule has 150 valence electrons. The van der Waals surface area contributed by atoms with E-state index in [2.05, 4.69) is 57.7 Å². The average Bonchev–Trinajstić information content (AvgIpc) is 3.32. The van der Waals surface area contributed by atoms with E-state index in [1.54, 1.807) is 11.3 Å². The Balaban J connectivity index is 1.71. The van der Waals surface area contributed by atoms with Gasteiger partial charge in [-0.1, -0.05) is 82.1 Å². The average molecular weight is 504 g/mol. The summed E-state index contributed by atoms with van der Waals surface area (Å²) in [5.74, 6) is 0. The molecular formula is C27H16BrClOS. The minimum atomic E-state index is -1.31. The SMILES string of the molecule is OC1(c2cc(Cl)ccc2-c2csc3ccccc23)c2ccccc2-c2ccc(Br)cc21. The molecule has 0 fully saturated rings. The second-order valence-corrected chi connectivity index (χ2v) is 10.0. The summed E-state index contributed by atoms with van der Waals surface area (Å²) in [5, 5.41) is 16.4. The molecule has 1 aliphatic carbocycles. The number of aliphatic hydroxyl groups is 1. The van der Waals surface area contributed by atoms with Crippen LogP contribution in [-0.2, 0) is 5.60 Å². The lowest BCUT2D eigenvalue weighted by atomic mass is 9.80. The first-order chi connectivity index (χ1) is 15.1. The lowest BCUT2D eigenvalue weighted by molar-refractivity contribution is 0.131. The van der Waals surface area contributed by atoms with E-state index in [-0.39, 0.29) is 0 Å². The van der Waals surface area contributed by atoms with Gasteiger partial charge in [0.2, 0.25) is 0 Å². The first-order valence-corrected chi connectivity index (χ1v) is 12.0. The van der Waals surface area contributed by atoms with Gasteiger partial charge < -0.3 is 5.11 Å². The van der Waals surface area contributed by atoms with Gasteiger partial charge in [0.15, 0.2) is 0 Å². The molecule has 0 aliphatic heterocycles. The Morgan fingerprint density at radius 2 is 1.39 bits per heavy atom. The Hall–Kier alpha value is -2.43. The Morgan fingerprint density at radius 1 is 0.710 bits per heavy atom.